The third-order valence-electron chi connectivity index (χ3n) is 3.66. The summed E-state index contributed by atoms with van der Waals surface area (Å²) in [6.07, 6.45) is 2.01. The minimum Gasteiger partial charge on any atom is -0.494 e. The summed E-state index contributed by atoms with van der Waals surface area (Å²) < 4.78 is 18.6. The van der Waals surface area contributed by atoms with E-state index in [9.17, 15) is 9.18 Å². The first-order valence-electron chi connectivity index (χ1n) is 7.79. The molecule has 1 aromatic heterocycles. The number of amides is 1. The van der Waals surface area contributed by atoms with Gasteiger partial charge in [0.05, 0.1) is 7.11 Å². The van der Waals surface area contributed by atoms with Gasteiger partial charge in [-0.1, -0.05) is 12.1 Å². The molecule has 6 heteroatoms. The summed E-state index contributed by atoms with van der Waals surface area (Å²) in [6, 6.07) is 8.42. The molecule has 1 amide bonds. The lowest BCUT2D eigenvalue weighted by Gasteiger charge is -2.15. The molecule has 2 N–H and O–H groups in total. The fourth-order valence-corrected chi connectivity index (χ4v) is 2.22. The Hall–Kier alpha value is -2.47. The summed E-state index contributed by atoms with van der Waals surface area (Å²) in [5.41, 5.74) is 1.84. The SMILES string of the molecule is COc1ccc(C(C)NCCC(=O)Nc2ccc(C)cn2)cc1F. The van der Waals surface area contributed by atoms with Crippen LogP contribution in [0.4, 0.5) is 10.2 Å². The van der Waals surface area contributed by atoms with Gasteiger partial charge in [-0.3, -0.25) is 4.79 Å². The number of hydrogen-bond acceptors (Lipinski definition) is 4. The molecule has 1 heterocycles. The second-order valence-electron chi connectivity index (χ2n) is 5.59. The molecule has 2 aromatic rings. The molecular formula is C18H22FN3O2. The van der Waals surface area contributed by atoms with Gasteiger partial charge in [0.25, 0.3) is 0 Å². The summed E-state index contributed by atoms with van der Waals surface area (Å²) in [6.45, 7) is 4.33. The van der Waals surface area contributed by atoms with Crippen LogP contribution >= 0.6 is 0 Å². The van der Waals surface area contributed by atoms with Crippen molar-refractivity contribution in [2.75, 3.05) is 19.0 Å². The predicted molar refractivity (Wildman–Crippen MR) is 91.6 cm³/mol. The molecule has 0 aliphatic rings. The molecule has 0 aliphatic carbocycles. The number of aryl methyl sites for hydroxylation is 1. The fourth-order valence-electron chi connectivity index (χ4n) is 2.22. The van der Waals surface area contributed by atoms with E-state index < -0.39 is 5.82 Å². The van der Waals surface area contributed by atoms with E-state index in [2.05, 4.69) is 15.6 Å². The lowest BCUT2D eigenvalue weighted by Crippen LogP contribution is -2.24. The van der Waals surface area contributed by atoms with Gasteiger partial charge in [0, 0.05) is 25.2 Å². The number of carbonyl (C=O) groups is 1. The van der Waals surface area contributed by atoms with Crippen molar-refractivity contribution in [3.8, 4) is 5.75 Å². The van der Waals surface area contributed by atoms with Gasteiger partial charge >= 0.3 is 0 Å². The van der Waals surface area contributed by atoms with Gasteiger partial charge in [-0.2, -0.15) is 0 Å². The molecule has 0 spiro atoms. The number of aromatic nitrogens is 1. The number of nitrogens with zero attached hydrogens (tertiary/aromatic N) is 1. The number of carbonyl (C=O) groups excluding carboxylic acids is 1. The maximum absolute atomic E-state index is 13.7. The Morgan fingerprint density at radius 2 is 2.12 bits per heavy atom. The lowest BCUT2D eigenvalue weighted by atomic mass is 10.1. The third-order valence-corrected chi connectivity index (χ3v) is 3.66. The van der Waals surface area contributed by atoms with Gasteiger partial charge in [0.1, 0.15) is 5.82 Å². The van der Waals surface area contributed by atoms with Crippen LogP contribution in [0.1, 0.15) is 30.5 Å². The zero-order valence-electron chi connectivity index (χ0n) is 14.1. The number of hydrogen-bond donors (Lipinski definition) is 2. The molecule has 1 atom stereocenters. The van der Waals surface area contributed by atoms with Gasteiger partial charge < -0.3 is 15.4 Å². The van der Waals surface area contributed by atoms with E-state index in [-0.39, 0.29) is 17.7 Å². The van der Waals surface area contributed by atoms with Crippen molar-refractivity contribution in [2.24, 2.45) is 0 Å². The van der Waals surface area contributed by atoms with Crippen molar-refractivity contribution < 1.29 is 13.9 Å². The van der Waals surface area contributed by atoms with Crippen LogP contribution in [0.15, 0.2) is 36.5 Å². The zero-order valence-corrected chi connectivity index (χ0v) is 14.1. The average molecular weight is 331 g/mol. The molecule has 0 radical (unpaired) electrons. The van der Waals surface area contributed by atoms with Crippen molar-refractivity contribution in [1.29, 1.82) is 0 Å². The Morgan fingerprint density at radius 3 is 2.75 bits per heavy atom. The standard InChI is InChI=1S/C18H22FN3O2/c1-12-4-7-17(21-11-12)22-18(23)8-9-20-13(2)14-5-6-16(24-3)15(19)10-14/h4-7,10-11,13,20H,8-9H2,1-3H3,(H,21,22,23). The fraction of sp³-hybridized carbons (Fsp3) is 0.333. The molecule has 0 saturated heterocycles. The number of ether oxygens (including phenoxy) is 1. The first kappa shape index (κ1) is 17.9. The Labute approximate surface area is 141 Å². The van der Waals surface area contributed by atoms with E-state index in [0.717, 1.165) is 11.1 Å². The van der Waals surface area contributed by atoms with Crippen LogP contribution in [-0.2, 0) is 4.79 Å². The Balaban J connectivity index is 1.79. The minimum atomic E-state index is -0.396. The maximum atomic E-state index is 13.7. The largest absolute Gasteiger partial charge is 0.494 e. The highest BCUT2D eigenvalue weighted by molar-refractivity contribution is 5.89. The van der Waals surface area contributed by atoms with Crippen LogP contribution in [0.25, 0.3) is 0 Å². The Bertz CT molecular complexity index is 689. The molecule has 0 fully saturated rings. The Kier molecular flexibility index (Phi) is 6.26. The summed E-state index contributed by atoms with van der Waals surface area (Å²) in [5.74, 6) is 0.241. The molecule has 0 saturated carbocycles. The second kappa shape index (κ2) is 8.40. The summed E-state index contributed by atoms with van der Waals surface area (Å²) in [5, 5.41) is 5.94. The topological polar surface area (TPSA) is 63.2 Å². The van der Waals surface area contributed by atoms with Crippen molar-refractivity contribution in [3.63, 3.8) is 0 Å². The highest BCUT2D eigenvalue weighted by Crippen LogP contribution is 2.21. The highest BCUT2D eigenvalue weighted by atomic mass is 19.1. The van der Waals surface area contributed by atoms with E-state index in [1.54, 1.807) is 24.4 Å². The minimum absolute atomic E-state index is 0.0734. The van der Waals surface area contributed by atoms with Crippen LogP contribution in [0, 0.1) is 12.7 Å². The van der Waals surface area contributed by atoms with Crippen LogP contribution in [0.5, 0.6) is 5.75 Å². The first-order valence-corrected chi connectivity index (χ1v) is 7.79. The van der Waals surface area contributed by atoms with E-state index in [0.29, 0.717) is 18.8 Å². The zero-order chi connectivity index (χ0) is 17.5. The molecule has 128 valence electrons. The van der Waals surface area contributed by atoms with E-state index in [4.69, 9.17) is 4.74 Å². The second-order valence-corrected chi connectivity index (χ2v) is 5.59. The summed E-state index contributed by atoms with van der Waals surface area (Å²) in [7, 11) is 1.43. The monoisotopic (exact) mass is 331 g/mol. The van der Waals surface area contributed by atoms with Crippen LogP contribution in [-0.4, -0.2) is 24.5 Å². The summed E-state index contributed by atoms with van der Waals surface area (Å²) in [4.78, 5) is 16.0. The molecule has 5 nitrogen and oxygen atoms in total. The molecule has 24 heavy (non-hydrogen) atoms. The Morgan fingerprint density at radius 1 is 1.33 bits per heavy atom. The number of methoxy groups -OCH3 is 1. The van der Waals surface area contributed by atoms with Crippen molar-refractivity contribution >= 4 is 11.7 Å². The smallest absolute Gasteiger partial charge is 0.226 e. The number of nitrogens with one attached hydrogen (secondary N) is 2. The molecular weight excluding hydrogens is 309 g/mol. The first-order chi connectivity index (χ1) is 11.5. The van der Waals surface area contributed by atoms with Crippen LogP contribution in [0.2, 0.25) is 0 Å². The molecule has 0 bridgehead atoms. The molecule has 1 aromatic carbocycles. The number of benzene rings is 1. The van der Waals surface area contributed by atoms with Gasteiger partial charge in [-0.15, -0.1) is 0 Å². The number of anilines is 1. The van der Waals surface area contributed by atoms with Gasteiger partial charge in [0.15, 0.2) is 11.6 Å². The van der Waals surface area contributed by atoms with Crippen molar-refractivity contribution in [2.45, 2.75) is 26.3 Å². The van der Waals surface area contributed by atoms with Gasteiger partial charge in [-0.25, -0.2) is 9.37 Å². The quantitative estimate of drug-likeness (QED) is 0.818. The third kappa shape index (κ3) is 5.03. The number of rotatable bonds is 7. The van der Waals surface area contributed by atoms with Crippen molar-refractivity contribution in [1.82, 2.24) is 10.3 Å². The highest BCUT2D eigenvalue weighted by Gasteiger charge is 2.10. The number of pyridine rings is 1. The van der Waals surface area contributed by atoms with Gasteiger partial charge in [0.2, 0.25) is 5.91 Å². The normalized spacial score (nSPS) is 11.8. The van der Waals surface area contributed by atoms with Crippen molar-refractivity contribution in [3.05, 3.63) is 53.5 Å². The summed E-state index contributed by atoms with van der Waals surface area (Å²) >= 11 is 0. The number of halogens is 1. The van der Waals surface area contributed by atoms with Crippen LogP contribution in [0.3, 0.4) is 0 Å². The average Bonchev–Trinajstić information content (AvgIpc) is 2.56. The lowest BCUT2D eigenvalue weighted by molar-refractivity contribution is -0.116. The predicted octanol–water partition coefficient (Wildman–Crippen LogP) is 3.22. The molecule has 2 rings (SSSR count). The van der Waals surface area contributed by atoms with E-state index >= 15 is 0 Å². The van der Waals surface area contributed by atoms with E-state index in [1.165, 1.54) is 13.2 Å². The van der Waals surface area contributed by atoms with Crippen LogP contribution < -0.4 is 15.4 Å². The van der Waals surface area contributed by atoms with Gasteiger partial charge in [-0.05, 0) is 43.2 Å². The molecule has 0 aliphatic heterocycles. The molecule has 1 unspecified atom stereocenters. The maximum Gasteiger partial charge on any atom is 0.226 e. The van der Waals surface area contributed by atoms with E-state index in [1.807, 2.05) is 19.9 Å².